The molecule has 0 aliphatic rings. The molecule has 140 valence electrons. The highest BCUT2D eigenvalue weighted by molar-refractivity contribution is 7.89. The van der Waals surface area contributed by atoms with Crippen molar-refractivity contribution in [1.29, 1.82) is 0 Å². The van der Waals surface area contributed by atoms with Gasteiger partial charge in [0, 0.05) is 6.54 Å². The first-order chi connectivity index (χ1) is 12.3. The molecule has 0 aliphatic heterocycles. The van der Waals surface area contributed by atoms with Crippen LogP contribution in [0.25, 0.3) is 0 Å². The molecule has 2 aromatic rings. The van der Waals surface area contributed by atoms with Gasteiger partial charge in [0.05, 0.1) is 4.90 Å². The standard InChI is InChI=1S/C19H24N2O4S/c1-14(2)16-5-7-17(8-6-16)25-13-19(22)21-12-11-15-3-9-18(10-4-15)26(20,23)24/h3-10,14H,11-13H2,1-2H3,(H,21,22)(H2,20,23,24). The van der Waals surface area contributed by atoms with Gasteiger partial charge in [-0.3, -0.25) is 4.79 Å². The molecule has 0 bridgehead atoms. The fraction of sp³-hybridized carbons (Fsp3) is 0.316. The van der Waals surface area contributed by atoms with Crippen LogP contribution in [0.2, 0.25) is 0 Å². The van der Waals surface area contributed by atoms with Crippen LogP contribution in [-0.2, 0) is 21.2 Å². The maximum absolute atomic E-state index is 11.8. The molecule has 1 amide bonds. The number of amides is 1. The molecule has 6 nitrogen and oxygen atoms in total. The molecule has 0 atom stereocenters. The Balaban J connectivity index is 1.73. The summed E-state index contributed by atoms with van der Waals surface area (Å²) >= 11 is 0. The van der Waals surface area contributed by atoms with Gasteiger partial charge in [-0.25, -0.2) is 13.6 Å². The highest BCUT2D eigenvalue weighted by atomic mass is 32.2. The van der Waals surface area contributed by atoms with Crippen molar-refractivity contribution in [2.75, 3.05) is 13.2 Å². The highest BCUT2D eigenvalue weighted by Crippen LogP contribution is 2.18. The van der Waals surface area contributed by atoms with Crippen LogP contribution in [0.3, 0.4) is 0 Å². The lowest BCUT2D eigenvalue weighted by Crippen LogP contribution is -2.30. The number of nitrogens with two attached hydrogens (primary N) is 1. The summed E-state index contributed by atoms with van der Waals surface area (Å²) in [5, 5.41) is 7.82. The van der Waals surface area contributed by atoms with Crippen LogP contribution in [0.15, 0.2) is 53.4 Å². The number of rotatable bonds is 8. The van der Waals surface area contributed by atoms with Crippen molar-refractivity contribution in [2.45, 2.75) is 31.1 Å². The molecule has 0 fully saturated rings. The zero-order valence-corrected chi connectivity index (χ0v) is 15.8. The van der Waals surface area contributed by atoms with E-state index in [0.717, 1.165) is 5.56 Å². The number of nitrogens with one attached hydrogen (secondary N) is 1. The van der Waals surface area contributed by atoms with Gasteiger partial charge in [0.15, 0.2) is 6.61 Å². The van der Waals surface area contributed by atoms with Gasteiger partial charge < -0.3 is 10.1 Å². The summed E-state index contributed by atoms with van der Waals surface area (Å²) in [5.74, 6) is 0.897. The van der Waals surface area contributed by atoms with Crippen LogP contribution in [-0.4, -0.2) is 27.5 Å². The minimum absolute atomic E-state index is 0.0502. The van der Waals surface area contributed by atoms with Gasteiger partial charge in [0.25, 0.3) is 5.91 Å². The number of carbonyl (C=O) groups is 1. The van der Waals surface area contributed by atoms with Crippen molar-refractivity contribution < 1.29 is 17.9 Å². The van der Waals surface area contributed by atoms with Crippen LogP contribution in [0.4, 0.5) is 0 Å². The first-order valence-electron chi connectivity index (χ1n) is 8.37. The van der Waals surface area contributed by atoms with Crippen molar-refractivity contribution in [2.24, 2.45) is 5.14 Å². The molecular formula is C19H24N2O4S. The third-order valence-electron chi connectivity index (χ3n) is 3.90. The van der Waals surface area contributed by atoms with Gasteiger partial charge in [-0.05, 0) is 47.7 Å². The minimum Gasteiger partial charge on any atom is -0.484 e. The summed E-state index contributed by atoms with van der Waals surface area (Å²) in [7, 11) is -3.68. The Morgan fingerprint density at radius 2 is 1.69 bits per heavy atom. The van der Waals surface area contributed by atoms with Gasteiger partial charge >= 0.3 is 0 Å². The lowest BCUT2D eigenvalue weighted by atomic mass is 10.0. The van der Waals surface area contributed by atoms with E-state index in [1.807, 2.05) is 24.3 Å². The average Bonchev–Trinajstić information content (AvgIpc) is 2.60. The summed E-state index contributed by atoms with van der Waals surface area (Å²) in [4.78, 5) is 11.9. The van der Waals surface area contributed by atoms with Gasteiger partial charge in [0.1, 0.15) is 5.75 Å². The molecule has 0 aliphatic carbocycles. The van der Waals surface area contributed by atoms with Crippen LogP contribution in [0.5, 0.6) is 5.75 Å². The minimum atomic E-state index is -3.68. The summed E-state index contributed by atoms with van der Waals surface area (Å²) in [6.07, 6.45) is 0.583. The normalized spacial score (nSPS) is 11.4. The van der Waals surface area contributed by atoms with Crippen molar-refractivity contribution in [3.05, 3.63) is 59.7 Å². The van der Waals surface area contributed by atoms with E-state index in [-0.39, 0.29) is 17.4 Å². The van der Waals surface area contributed by atoms with E-state index in [2.05, 4.69) is 19.2 Å². The van der Waals surface area contributed by atoms with E-state index in [9.17, 15) is 13.2 Å². The fourth-order valence-corrected chi connectivity index (χ4v) is 2.86. The Bertz CT molecular complexity index is 829. The van der Waals surface area contributed by atoms with E-state index < -0.39 is 10.0 Å². The van der Waals surface area contributed by atoms with Crippen molar-refractivity contribution in [3.63, 3.8) is 0 Å². The zero-order valence-electron chi connectivity index (χ0n) is 14.9. The molecule has 0 aromatic heterocycles. The largest absolute Gasteiger partial charge is 0.484 e. The Morgan fingerprint density at radius 1 is 1.08 bits per heavy atom. The molecule has 2 aromatic carbocycles. The topological polar surface area (TPSA) is 98.5 Å². The van der Waals surface area contributed by atoms with Crippen LogP contribution in [0.1, 0.15) is 30.9 Å². The lowest BCUT2D eigenvalue weighted by Gasteiger charge is -2.09. The van der Waals surface area contributed by atoms with E-state index in [0.29, 0.717) is 24.6 Å². The Morgan fingerprint density at radius 3 is 2.23 bits per heavy atom. The molecule has 26 heavy (non-hydrogen) atoms. The lowest BCUT2D eigenvalue weighted by molar-refractivity contribution is -0.123. The number of ether oxygens (including phenoxy) is 1. The number of hydrogen-bond acceptors (Lipinski definition) is 4. The maximum Gasteiger partial charge on any atom is 0.257 e. The third-order valence-corrected chi connectivity index (χ3v) is 4.83. The first kappa shape index (κ1) is 19.9. The molecule has 0 spiro atoms. The van der Waals surface area contributed by atoms with Gasteiger partial charge in [-0.2, -0.15) is 0 Å². The quantitative estimate of drug-likeness (QED) is 0.738. The van der Waals surface area contributed by atoms with Gasteiger partial charge in [0.2, 0.25) is 10.0 Å². The molecule has 7 heteroatoms. The Hall–Kier alpha value is -2.38. The predicted octanol–water partition coefficient (Wildman–Crippen LogP) is 2.20. The summed E-state index contributed by atoms with van der Waals surface area (Å²) in [6.45, 7) is 4.62. The van der Waals surface area contributed by atoms with E-state index in [4.69, 9.17) is 9.88 Å². The number of sulfonamides is 1. The molecule has 0 radical (unpaired) electrons. The second-order valence-corrected chi connectivity index (χ2v) is 7.86. The Labute approximate surface area is 154 Å². The molecule has 3 N–H and O–H groups in total. The van der Waals surface area contributed by atoms with Gasteiger partial charge in [-0.1, -0.05) is 38.1 Å². The second kappa shape index (κ2) is 8.82. The number of carbonyl (C=O) groups excluding carboxylic acids is 1. The molecule has 0 saturated carbocycles. The maximum atomic E-state index is 11.8. The van der Waals surface area contributed by atoms with Crippen LogP contribution < -0.4 is 15.2 Å². The third kappa shape index (κ3) is 6.16. The van der Waals surface area contributed by atoms with Gasteiger partial charge in [-0.15, -0.1) is 0 Å². The summed E-state index contributed by atoms with van der Waals surface area (Å²) in [5.41, 5.74) is 2.12. The van der Waals surface area contributed by atoms with E-state index >= 15 is 0 Å². The smallest absolute Gasteiger partial charge is 0.257 e. The number of hydrogen-bond donors (Lipinski definition) is 2. The summed E-state index contributed by atoms with van der Waals surface area (Å²) < 4.78 is 27.9. The van der Waals surface area contributed by atoms with Crippen molar-refractivity contribution >= 4 is 15.9 Å². The molecular weight excluding hydrogens is 352 g/mol. The number of primary sulfonamides is 1. The van der Waals surface area contributed by atoms with Crippen LogP contribution in [0, 0.1) is 0 Å². The monoisotopic (exact) mass is 376 g/mol. The summed E-state index contributed by atoms with van der Waals surface area (Å²) in [6, 6.07) is 14.0. The SMILES string of the molecule is CC(C)c1ccc(OCC(=O)NCCc2ccc(S(N)(=O)=O)cc2)cc1. The van der Waals surface area contributed by atoms with E-state index in [1.54, 1.807) is 12.1 Å². The predicted molar refractivity (Wildman–Crippen MR) is 101 cm³/mol. The second-order valence-electron chi connectivity index (χ2n) is 6.30. The molecule has 0 heterocycles. The molecule has 0 unspecified atom stereocenters. The molecule has 0 saturated heterocycles. The zero-order chi connectivity index (χ0) is 19.2. The highest BCUT2D eigenvalue weighted by Gasteiger charge is 2.07. The average molecular weight is 376 g/mol. The van der Waals surface area contributed by atoms with Crippen LogP contribution >= 0.6 is 0 Å². The molecule has 2 rings (SSSR count). The number of benzene rings is 2. The van der Waals surface area contributed by atoms with Crippen molar-refractivity contribution in [3.8, 4) is 5.75 Å². The van der Waals surface area contributed by atoms with E-state index in [1.165, 1.54) is 17.7 Å². The first-order valence-corrected chi connectivity index (χ1v) is 9.91. The Kier molecular flexibility index (Phi) is 6.76. The van der Waals surface area contributed by atoms with Crippen molar-refractivity contribution in [1.82, 2.24) is 5.32 Å². The fourth-order valence-electron chi connectivity index (χ4n) is 2.34.